The number of nitrogens with two attached hydrogens (primary N) is 1. The maximum Gasteiger partial charge on any atom is 0.348 e. The Morgan fingerprint density at radius 3 is 2.69 bits per heavy atom. The number of hydrogen-bond acceptors (Lipinski definition) is 8. The topological polar surface area (TPSA) is 140 Å². The van der Waals surface area contributed by atoms with Crippen molar-refractivity contribution in [2.75, 3.05) is 44.8 Å². The molecule has 0 aliphatic carbocycles. The van der Waals surface area contributed by atoms with E-state index in [9.17, 15) is 4.79 Å². The van der Waals surface area contributed by atoms with Gasteiger partial charge in [0.2, 0.25) is 0 Å². The number of urea groups is 1. The predicted octanol–water partition coefficient (Wildman–Crippen LogP) is 3.02. The maximum atomic E-state index is 12.1. The van der Waals surface area contributed by atoms with Crippen molar-refractivity contribution < 1.29 is 18.8 Å². The number of nitrogens with one attached hydrogen (secondary N) is 2. The molecule has 204 valence electrons. The number of allylic oxidation sites excluding steroid dienone is 1. The van der Waals surface area contributed by atoms with Crippen LogP contribution in [0, 0.1) is 11.8 Å². The fraction of sp³-hybridized carbons (Fsp3) is 0.357. The smallest absolute Gasteiger partial charge is 0.348 e. The molecule has 0 bridgehead atoms. The molecule has 4 rings (SSSR count). The van der Waals surface area contributed by atoms with Gasteiger partial charge in [0.25, 0.3) is 0 Å². The maximum absolute atomic E-state index is 12.1. The molecule has 0 saturated carbocycles. The van der Waals surface area contributed by atoms with Crippen LogP contribution in [0.25, 0.3) is 0 Å². The number of aromatic nitrogens is 1. The fourth-order valence-electron chi connectivity index (χ4n) is 3.52. The van der Waals surface area contributed by atoms with Gasteiger partial charge >= 0.3 is 6.03 Å². The Bertz CT molecular complexity index is 1330. The van der Waals surface area contributed by atoms with Gasteiger partial charge in [0.15, 0.2) is 5.82 Å². The molecule has 0 spiro atoms. The van der Waals surface area contributed by atoms with Crippen molar-refractivity contribution in [2.45, 2.75) is 26.2 Å². The average Bonchev–Trinajstić information content (AvgIpc) is 3.39. The molecule has 2 aliphatic rings. The van der Waals surface area contributed by atoms with Gasteiger partial charge in [-0.25, -0.2) is 9.79 Å². The first-order chi connectivity index (χ1) is 18.7. The first-order valence-electron chi connectivity index (χ1n) is 12.6. The molecule has 0 radical (unpaired) electrons. The Morgan fingerprint density at radius 2 is 2.03 bits per heavy atom. The van der Waals surface area contributed by atoms with Crippen molar-refractivity contribution in [3.63, 3.8) is 0 Å². The SMILES string of the molecule is CC(C)(C)c1cc(NC(=O)/N=C(N)\C=C2\N=CC(C#Cc3ccc(OCCN4CCOCC4)cc3)=CN2)no1. The number of amides is 2. The summed E-state index contributed by atoms with van der Waals surface area (Å²) in [7, 11) is 0. The van der Waals surface area contributed by atoms with Crippen LogP contribution in [0.3, 0.4) is 0 Å². The van der Waals surface area contributed by atoms with Crippen LogP contribution in [0.15, 0.2) is 68.5 Å². The van der Waals surface area contributed by atoms with Gasteiger partial charge in [0.05, 0.1) is 18.8 Å². The zero-order valence-corrected chi connectivity index (χ0v) is 22.4. The lowest BCUT2D eigenvalue weighted by molar-refractivity contribution is 0.0322. The molecule has 1 saturated heterocycles. The Morgan fingerprint density at radius 1 is 1.26 bits per heavy atom. The molecule has 0 atom stereocenters. The molecule has 0 unspecified atom stereocenters. The van der Waals surface area contributed by atoms with Crippen molar-refractivity contribution in [1.82, 2.24) is 15.4 Å². The highest BCUT2D eigenvalue weighted by Crippen LogP contribution is 2.24. The van der Waals surface area contributed by atoms with Crippen LogP contribution in [0.5, 0.6) is 5.75 Å². The molecule has 2 aromatic rings. The van der Waals surface area contributed by atoms with E-state index in [1.165, 1.54) is 6.08 Å². The van der Waals surface area contributed by atoms with E-state index >= 15 is 0 Å². The molecule has 39 heavy (non-hydrogen) atoms. The summed E-state index contributed by atoms with van der Waals surface area (Å²) in [6.45, 7) is 10.9. The molecule has 1 aromatic carbocycles. The van der Waals surface area contributed by atoms with E-state index in [0.717, 1.165) is 44.2 Å². The Balaban J connectivity index is 1.23. The standard InChI is InChI=1S/C28H33N7O4/c1-28(2,3)23-16-26(34-39-23)33-27(36)32-24(29)17-25-30-18-21(19-31-25)5-4-20-6-8-22(9-7-20)38-15-12-35-10-13-37-14-11-35/h6-9,16-19,30H,10-15H2,1-3H3,(H3,29,32,33,34,36)/b25-17+. The Kier molecular flexibility index (Phi) is 9.14. The minimum Gasteiger partial charge on any atom is -0.492 e. The van der Waals surface area contributed by atoms with Gasteiger partial charge in [-0.2, -0.15) is 4.99 Å². The Labute approximate surface area is 227 Å². The van der Waals surface area contributed by atoms with Gasteiger partial charge in [0.1, 0.15) is 29.8 Å². The van der Waals surface area contributed by atoms with Crippen molar-refractivity contribution >= 4 is 23.9 Å². The van der Waals surface area contributed by atoms with Crippen LogP contribution in [-0.2, 0) is 10.2 Å². The number of nitrogens with zero attached hydrogens (tertiary/aromatic N) is 4. The lowest BCUT2D eigenvalue weighted by Gasteiger charge is -2.26. The van der Waals surface area contributed by atoms with Crippen molar-refractivity contribution in [1.29, 1.82) is 0 Å². The van der Waals surface area contributed by atoms with Crippen LogP contribution in [-0.4, -0.2) is 67.6 Å². The van der Waals surface area contributed by atoms with Gasteiger partial charge in [-0.3, -0.25) is 10.2 Å². The number of benzene rings is 1. The fourth-order valence-corrected chi connectivity index (χ4v) is 3.52. The van der Waals surface area contributed by atoms with Crippen LogP contribution < -0.4 is 21.1 Å². The van der Waals surface area contributed by atoms with Gasteiger partial charge in [0, 0.05) is 55.2 Å². The van der Waals surface area contributed by atoms with Crippen molar-refractivity contribution in [3.05, 3.63) is 65.3 Å². The number of carbonyl (C=O) groups is 1. The third kappa shape index (κ3) is 8.84. The lowest BCUT2D eigenvalue weighted by Crippen LogP contribution is -2.38. The van der Waals surface area contributed by atoms with E-state index in [4.69, 9.17) is 19.7 Å². The van der Waals surface area contributed by atoms with Crippen LogP contribution in [0.2, 0.25) is 0 Å². The number of hydrogen-bond donors (Lipinski definition) is 3. The van der Waals surface area contributed by atoms with E-state index in [0.29, 0.717) is 23.8 Å². The monoisotopic (exact) mass is 531 g/mol. The first kappa shape index (κ1) is 27.6. The molecular formula is C28H33N7O4. The van der Waals surface area contributed by atoms with Crippen LogP contribution >= 0.6 is 0 Å². The lowest BCUT2D eigenvalue weighted by atomic mass is 9.93. The highest BCUT2D eigenvalue weighted by molar-refractivity contribution is 6.03. The molecule has 2 aliphatic heterocycles. The second-order valence-corrected chi connectivity index (χ2v) is 9.90. The largest absolute Gasteiger partial charge is 0.492 e. The minimum atomic E-state index is -0.673. The van der Waals surface area contributed by atoms with Crippen molar-refractivity contribution in [2.24, 2.45) is 15.7 Å². The van der Waals surface area contributed by atoms with Gasteiger partial charge in [-0.15, -0.1) is 0 Å². The summed E-state index contributed by atoms with van der Waals surface area (Å²) in [6, 6.07) is 8.64. The summed E-state index contributed by atoms with van der Waals surface area (Å²) < 4.78 is 16.4. The summed E-state index contributed by atoms with van der Waals surface area (Å²) in [5, 5.41) is 9.34. The Hall–Kier alpha value is -4.40. The predicted molar refractivity (Wildman–Crippen MR) is 150 cm³/mol. The van der Waals surface area contributed by atoms with E-state index in [2.05, 4.69) is 42.5 Å². The number of rotatable bonds is 6. The molecular weight excluding hydrogens is 498 g/mol. The van der Waals surface area contributed by atoms with E-state index < -0.39 is 6.03 Å². The van der Waals surface area contributed by atoms with Gasteiger partial charge in [-0.1, -0.05) is 37.8 Å². The number of ether oxygens (including phenoxy) is 2. The van der Waals surface area contributed by atoms with Gasteiger partial charge < -0.3 is 25.0 Å². The van der Waals surface area contributed by atoms with Gasteiger partial charge in [-0.05, 0) is 24.3 Å². The van der Waals surface area contributed by atoms with E-state index in [-0.39, 0.29) is 17.1 Å². The summed E-state index contributed by atoms with van der Waals surface area (Å²) in [4.78, 5) is 22.5. The van der Waals surface area contributed by atoms with Crippen molar-refractivity contribution in [3.8, 4) is 17.6 Å². The van der Waals surface area contributed by atoms with Crippen LogP contribution in [0.4, 0.5) is 10.6 Å². The number of anilines is 1. The van der Waals surface area contributed by atoms with E-state index in [1.807, 2.05) is 45.0 Å². The molecule has 1 fully saturated rings. The summed E-state index contributed by atoms with van der Waals surface area (Å²) in [5.74, 6) is 8.28. The third-order valence-electron chi connectivity index (χ3n) is 5.70. The number of aliphatic imine (C=N–C) groups is 2. The second kappa shape index (κ2) is 12.9. The van der Waals surface area contributed by atoms with Crippen LogP contribution in [0.1, 0.15) is 32.1 Å². The number of carbonyl (C=O) groups excluding carboxylic acids is 1. The highest BCUT2D eigenvalue weighted by atomic mass is 16.5. The summed E-state index contributed by atoms with van der Waals surface area (Å²) in [6.07, 6.45) is 4.75. The molecule has 11 heteroatoms. The minimum absolute atomic E-state index is 0.0260. The highest BCUT2D eigenvalue weighted by Gasteiger charge is 2.20. The zero-order valence-electron chi connectivity index (χ0n) is 22.4. The molecule has 11 nitrogen and oxygen atoms in total. The molecule has 2 amide bonds. The normalized spacial score (nSPS) is 17.2. The van der Waals surface area contributed by atoms with E-state index in [1.54, 1.807) is 18.5 Å². The summed E-state index contributed by atoms with van der Waals surface area (Å²) in [5.41, 5.74) is 7.19. The third-order valence-corrected chi connectivity index (χ3v) is 5.70. The molecule has 1 aromatic heterocycles. The summed E-state index contributed by atoms with van der Waals surface area (Å²) >= 11 is 0. The number of morpholine rings is 1. The average molecular weight is 532 g/mol. The quantitative estimate of drug-likeness (QED) is 0.294. The molecule has 4 N–H and O–H groups in total. The second-order valence-electron chi connectivity index (χ2n) is 9.90. The molecule has 3 heterocycles. The number of amidine groups is 1. The zero-order chi connectivity index (χ0) is 27.7. The first-order valence-corrected chi connectivity index (χ1v) is 12.6.